The van der Waals surface area contributed by atoms with Crippen LogP contribution in [0.5, 0.6) is 0 Å². The van der Waals surface area contributed by atoms with Crippen molar-refractivity contribution in [3.8, 4) is 47.4 Å². The van der Waals surface area contributed by atoms with Crippen LogP contribution in [0.25, 0.3) is 0 Å². The molecule has 0 aliphatic heterocycles. The van der Waals surface area contributed by atoms with Crippen LogP contribution in [-0.2, 0) is 0 Å². The molecule has 0 aliphatic rings. The number of hydrogen-bond acceptors (Lipinski definition) is 2. The van der Waals surface area contributed by atoms with Crippen molar-refractivity contribution in [3.05, 3.63) is 70.8 Å². The van der Waals surface area contributed by atoms with Gasteiger partial charge in [-0.05, 0) is 49.9 Å². The summed E-state index contributed by atoms with van der Waals surface area (Å²) in [6, 6.07) is 15.9. The first-order chi connectivity index (χ1) is 17.8. The molecule has 0 aromatic heterocycles. The van der Waals surface area contributed by atoms with Crippen LogP contribution >= 0.6 is 31.9 Å². The maximum atomic E-state index is 8.67. The van der Waals surface area contributed by atoms with Gasteiger partial charge in [0.15, 0.2) is 0 Å². The Labute approximate surface area is 234 Å². The number of hydrogen-bond donors (Lipinski definition) is 2. The summed E-state index contributed by atoms with van der Waals surface area (Å²) in [7, 11) is 0. The standard InChI is InChI=1S/C16H16Br2.C16H18O2/c2*17-13-7-1-3-9-15-11-5-6-12-16(15)10-4-2-8-14-18/h5-6,11-12H,1-2,7-8,13-14H2;5-6,11-12,17-18H,1-2,7-8,13-14H2. The molecule has 0 atom stereocenters. The highest BCUT2D eigenvalue weighted by Gasteiger charge is 1.95. The summed E-state index contributed by atoms with van der Waals surface area (Å²) in [6.07, 6.45) is 6.84. The van der Waals surface area contributed by atoms with Gasteiger partial charge in [0.25, 0.3) is 0 Å². The van der Waals surface area contributed by atoms with Gasteiger partial charge < -0.3 is 10.2 Å². The van der Waals surface area contributed by atoms with Gasteiger partial charge in [-0.15, -0.1) is 0 Å². The molecule has 2 rings (SSSR count). The molecule has 2 nitrogen and oxygen atoms in total. The van der Waals surface area contributed by atoms with Gasteiger partial charge in [-0.25, -0.2) is 0 Å². The van der Waals surface area contributed by atoms with Crippen LogP contribution in [-0.4, -0.2) is 34.1 Å². The summed E-state index contributed by atoms with van der Waals surface area (Å²) in [4.78, 5) is 0. The maximum Gasteiger partial charge on any atom is 0.0440 e. The predicted molar refractivity (Wildman–Crippen MR) is 159 cm³/mol. The van der Waals surface area contributed by atoms with Crippen molar-refractivity contribution in [1.29, 1.82) is 0 Å². The minimum absolute atomic E-state index is 0.178. The van der Waals surface area contributed by atoms with E-state index in [4.69, 9.17) is 10.2 Å². The SMILES string of the molecule is BrCCCC#Cc1ccccc1C#CCCCBr.OCCCC#Cc1ccccc1C#CCCCO. The van der Waals surface area contributed by atoms with E-state index in [1.165, 1.54) is 0 Å². The fourth-order valence-corrected chi connectivity index (χ4v) is 3.24. The Hall–Kier alpha value is -2.44. The minimum atomic E-state index is 0.178. The van der Waals surface area contributed by atoms with E-state index < -0.39 is 0 Å². The second kappa shape index (κ2) is 23.0. The van der Waals surface area contributed by atoms with Crippen LogP contribution in [0.15, 0.2) is 48.5 Å². The van der Waals surface area contributed by atoms with Gasteiger partial charge in [0.2, 0.25) is 0 Å². The van der Waals surface area contributed by atoms with Gasteiger partial charge >= 0.3 is 0 Å². The average molecular weight is 610 g/mol. The predicted octanol–water partition coefficient (Wildman–Crippen LogP) is 6.67. The van der Waals surface area contributed by atoms with E-state index >= 15 is 0 Å². The Kier molecular flexibility index (Phi) is 20.2. The largest absolute Gasteiger partial charge is 0.396 e. The molecular formula is C32H34Br2O2. The van der Waals surface area contributed by atoms with Crippen molar-refractivity contribution in [2.75, 3.05) is 23.9 Å². The first-order valence-corrected chi connectivity index (χ1v) is 14.5. The molecule has 188 valence electrons. The summed E-state index contributed by atoms with van der Waals surface area (Å²) in [5.74, 6) is 25.0. The van der Waals surface area contributed by atoms with Gasteiger partial charge in [-0.1, -0.05) is 103 Å². The smallest absolute Gasteiger partial charge is 0.0440 e. The zero-order valence-corrected chi connectivity index (χ0v) is 23.9. The van der Waals surface area contributed by atoms with E-state index in [0.717, 1.165) is 58.6 Å². The molecule has 0 fully saturated rings. The molecule has 2 N–H and O–H groups in total. The number of unbranched alkanes of at least 4 members (excludes halogenated alkanes) is 4. The second-order valence-corrected chi connectivity index (χ2v) is 9.12. The van der Waals surface area contributed by atoms with Crippen LogP contribution in [0.1, 0.15) is 73.6 Å². The van der Waals surface area contributed by atoms with Gasteiger partial charge in [0, 0.05) is 71.8 Å². The number of alkyl halides is 2. The number of benzene rings is 2. The van der Waals surface area contributed by atoms with E-state index in [1.807, 2.05) is 48.5 Å². The van der Waals surface area contributed by atoms with Gasteiger partial charge in [0.05, 0.1) is 0 Å². The maximum absolute atomic E-state index is 8.67. The molecule has 2 aromatic carbocycles. The second-order valence-electron chi connectivity index (χ2n) is 7.54. The Balaban J connectivity index is 0.000000360. The summed E-state index contributed by atoms with van der Waals surface area (Å²) in [5, 5.41) is 19.4. The summed E-state index contributed by atoms with van der Waals surface area (Å²) in [5.41, 5.74) is 3.93. The van der Waals surface area contributed by atoms with Crippen molar-refractivity contribution in [2.45, 2.75) is 51.4 Å². The number of aliphatic hydroxyl groups is 2. The van der Waals surface area contributed by atoms with Gasteiger partial charge in [-0.3, -0.25) is 0 Å². The molecule has 0 spiro atoms. The highest BCUT2D eigenvalue weighted by atomic mass is 79.9. The molecule has 0 saturated heterocycles. The fraction of sp³-hybridized carbons (Fsp3) is 0.375. The average Bonchev–Trinajstić information content (AvgIpc) is 2.91. The zero-order chi connectivity index (χ0) is 26.1. The molecule has 0 amide bonds. The van der Waals surface area contributed by atoms with Crippen LogP contribution in [0.3, 0.4) is 0 Å². The van der Waals surface area contributed by atoms with E-state index in [1.54, 1.807) is 0 Å². The molecule has 0 bridgehead atoms. The van der Waals surface area contributed by atoms with E-state index in [-0.39, 0.29) is 13.2 Å². The van der Waals surface area contributed by atoms with Gasteiger partial charge in [0.1, 0.15) is 0 Å². The summed E-state index contributed by atoms with van der Waals surface area (Å²) in [6.45, 7) is 0.356. The molecule has 0 radical (unpaired) electrons. The minimum Gasteiger partial charge on any atom is -0.396 e. The number of halogens is 2. The normalized spacial score (nSPS) is 9.00. The fourth-order valence-electron chi connectivity index (χ4n) is 2.68. The third kappa shape index (κ3) is 15.5. The first kappa shape index (κ1) is 31.6. The molecule has 4 heteroatoms. The van der Waals surface area contributed by atoms with Crippen LogP contribution in [0.4, 0.5) is 0 Å². The number of aliphatic hydroxyl groups excluding tert-OH is 2. The molecule has 0 aliphatic carbocycles. The lowest BCUT2D eigenvalue weighted by Gasteiger charge is -1.95. The molecule has 0 saturated carbocycles. The van der Waals surface area contributed by atoms with E-state index in [9.17, 15) is 0 Å². The van der Waals surface area contributed by atoms with Gasteiger partial charge in [-0.2, -0.15) is 0 Å². The van der Waals surface area contributed by atoms with Crippen molar-refractivity contribution >= 4 is 31.9 Å². The zero-order valence-electron chi connectivity index (χ0n) is 20.8. The third-order valence-corrected chi connectivity index (χ3v) is 5.66. The van der Waals surface area contributed by atoms with Crippen molar-refractivity contribution in [3.63, 3.8) is 0 Å². The monoisotopic (exact) mass is 608 g/mol. The quantitative estimate of drug-likeness (QED) is 0.199. The van der Waals surface area contributed by atoms with Crippen molar-refractivity contribution in [2.24, 2.45) is 0 Å². The Bertz CT molecular complexity index is 944. The highest BCUT2D eigenvalue weighted by molar-refractivity contribution is 9.09. The van der Waals surface area contributed by atoms with E-state index in [0.29, 0.717) is 25.7 Å². The summed E-state index contributed by atoms with van der Waals surface area (Å²) < 4.78 is 0. The number of rotatable bonds is 8. The molecule has 36 heavy (non-hydrogen) atoms. The Morgan fingerprint density at radius 3 is 1.00 bits per heavy atom. The van der Waals surface area contributed by atoms with Crippen LogP contribution < -0.4 is 0 Å². The van der Waals surface area contributed by atoms with Crippen LogP contribution in [0.2, 0.25) is 0 Å². The van der Waals surface area contributed by atoms with E-state index in [2.05, 4.69) is 79.2 Å². The summed E-state index contributed by atoms with van der Waals surface area (Å²) >= 11 is 6.81. The van der Waals surface area contributed by atoms with Crippen molar-refractivity contribution < 1.29 is 10.2 Å². The Morgan fingerprint density at radius 1 is 0.472 bits per heavy atom. The topological polar surface area (TPSA) is 40.5 Å². The lowest BCUT2D eigenvalue weighted by Crippen LogP contribution is -1.84. The third-order valence-electron chi connectivity index (χ3n) is 4.54. The van der Waals surface area contributed by atoms with Crippen LogP contribution in [0, 0.1) is 47.4 Å². The van der Waals surface area contributed by atoms with Crippen molar-refractivity contribution in [1.82, 2.24) is 0 Å². The first-order valence-electron chi connectivity index (χ1n) is 12.2. The molecule has 2 aromatic rings. The Morgan fingerprint density at radius 2 is 0.750 bits per heavy atom. The molecular weight excluding hydrogens is 576 g/mol. The lowest BCUT2D eigenvalue weighted by atomic mass is 10.1. The lowest BCUT2D eigenvalue weighted by molar-refractivity contribution is 0.290. The molecule has 0 heterocycles. The molecule has 0 unspecified atom stereocenters. The highest BCUT2D eigenvalue weighted by Crippen LogP contribution is 2.07.